The van der Waals surface area contributed by atoms with Gasteiger partial charge in [-0.25, -0.2) is 0 Å². The largest absolute Gasteiger partial charge is 0.495 e. The van der Waals surface area contributed by atoms with Gasteiger partial charge in [0.05, 0.1) is 12.8 Å². The van der Waals surface area contributed by atoms with Crippen LogP contribution >= 0.6 is 0 Å². The molecule has 1 aliphatic heterocycles. The number of rotatable bonds is 7. The minimum atomic E-state index is -0.669. The van der Waals surface area contributed by atoms with E-state index in [1.807, 2.05) is 13.0 Å². The number of methoxy groups -OCH3 is 1. The Hall–Kier alpha value is -2.08. The number of nitrogens with zero attached hydrogens (tertiary/aromatic N) is 1. The molecule has 0 radical (unpaired) electrons. The van der Waals surface area contributed by atoms with Crippen molar-refractivity contribution in [3.8, 4) is 5.75 Å². The molecule has 1 aromatic rings. The standard InChI is InChI=1S/C21H33N3O3/c1-15-7-8-19(27-4)18(12-15)23-21(26)20(25)22-9-5-6-10-24-13-16(2)11-17(3)14-24/h7-8,12,16-17H,5-6,9-11,13-14H2,1-4H3,(H,22,25)(H,23,26). The van der Waals surface area contributed by atoms with Crippen molar-refractivity contribution >= 4 is 17.5 Å². The first-order valence-electron chi connectivity index (χ1n) is 9.85. The van der Waals surface area contributed by atoms with Gasteiger partial charge in [-0.2, -0.15) is 0 Å². The first-order chi connectivity index (χ1) is 12.9. The molecule has 1 saturated heterocycles. The van der Waals surface area contributed by atoms with Crippen LogP contribution in [0.4, 0.5) is 5.69 Å². The van der Waals surface area contributed by atoms with E-state index < -0.39 is 11.8 Å². The fraction of sp³-hybridized carbons (Fsp3) is 0.619. The van der Waals surface area contributed by atoms with Crippen molar-refractivity contribution in [2.24, 2.45) is 11.8 Å². The number of anilines is 1. The van der Waals surface area contributed by atoms with Gasteiger partial charge in [-0.15, -0.1) is 0 Å². The molecule has 0 bridgehead atoms. The number of carbonyl (C=O) groups excluding carboxylic acids is 2. The zero-order valence-corrected chi connectivity index (χ0v) is 17.0. The molecular formula is C21H33N3O3. The van der Waals surface area contributed by atoms with Gasteiger partial charge in [0.2, 0.25) is 0 Å². The lowest BCUT2D eigenvalue weighted by atomic mass is 9.92. The molecule has 2 rings (SSSR count). The number of ether oxygens (including phenoxy) is 1. The molecule has 1 heterocycles. The van der Waals surface area contributed by atoms with E-state index in [1.165, 1.54) is 13.5 Å². The van der Waals surface area contributed by atoms with Crippen molar-refractivity contribution in [1.82, 2.24) is 10.2 Å². The van der Waals surface area contributed by atoms with Crippen LogP contribution < -0.4 is 15.4 Å². The average Bonchev–Trinajstić information content (AvgIpc) is 2.60. The third-order valence-electron chi connectivity index (χ3n) is 4.94. The zero-order valence-electron chi connectivity index (χ0n) is 17.0. The van der Waals surface area contributed by atoms with Crippen molar-refractivity contribution in [2.75, 3.05) is 38.6 Å². The SMILES string of the molecule is COc1ccc(C)cc1NC(=O)C(=O)NCCCCN1CC(C)CC(C)C1. The second kappa shape index (κ2) is 10.3. The van der Waals surface area contributed by atoms with Gasteiger partial charge < -0.3 is 20.3 Å². The van der Waals surface area contributed by atoms with Crippen LogP contribution in [0, 0.1) is 18.8 Å². The van der Waals surface area contributed by atoms with E-state index in [2.05, 4.69) is 29.4 Å². The molecule has 1 fully saturated rings. The van der Waals surface area contributed by atoms with E-state index in [1.54, 1.807) is 12.1 Å². The van der Waals surface area contributed by atoms with Crippen molar-refractivity contribution in [3.63, 3.8) is 0 Å². The van der Waals surface area contributed by atoms with E-state index in [0.717, 1.165) is 49.9 Å². The molecule has 2 N–H and O–H groups in total. The van der Waals surface area contributed by atoms with Crippen LogP contribution in [0.25, 0.3) is 0 Å². The van der Waals surface area contributed by atoms with Gasteiger partial charge >= 0.3 is 11.8 Å². The van der Waals surface area contributed by atoms with E-state index >= 15 is 0 Å². The summed E-state index contributed by atoms with van der Waals surface area (Å²) >= 11 is 0. The smallest absolute Gasteiger partial charge is 0.313 e. The van der Waals surface area contributed by atoms with E-state index in [4.69, 9.17) is 4.74 Å². The number of amides is 2. The maximum Gasteiger partial charge on any atom is 0.313 e. The monoisotopic (exact) mass is 375 g/mol. The lowest BCUT2D eigenvalue weighted by Gasteiger charge is -2.34. The molecule has 0 aromatic heterocycles. The fourth-order valence-electron chi connectivity index (χ4n) is 3.82. The Labute approximate surface area is 162 Å². The summed E-state index contributed by atoms with van der Waals surface area (Å²) in [5, 5.41) is 5.32. The molecule has 150 valence electrons. The highest BCUT2D eigenvalue weighted by Crippen LogP contribution is 2.25. The second-order valence-electron chi connectivity index (χ2n) is 7.83. The van der Waals surface area contributed by atoms with Crippen molar-refractivity contribution < 1.29 is 14.3 Å². The van der Waals surface area contributed by atoms with Gasteiger partial charge in [0.25, 0.3) is 0 Å². The van der Waals surface area contributed by atoms with Crippen molar-refractivity contribution in [1.29, 1.82) is 0 Å². The molecule has 0 saturated carbocycles. The van der Waals surface area contributed by atoms with Crippen molar-refractivity contribution in [3.05, 3.63) is 23.8 Å². The Morgan fingerprint density at radius 3 is 2.52 bits per heavy atom. The quantitative estimate of drug-likeness (QED) is 0.568. The summed E-state index contributed by atoms with van der Waals surface area (Å²) in [7, 11) is 1.53. The van der Waals surface area contributed by atoms with Crippen LogP contribution in [-0.4, -0.2) is 50.0 Å². The van der Waals surface area contributed by atoms with Crippen LogP contribution in [0.1, 0.15) is 38.7 Å². The highest BCUT2D eigenvalue weighted by molar-refractivity contribution is 6.39. The first kappa shape index (κ1) is 21.2. The van der Waals surface area contributed by atoms with Crippen LogP contribution in [0.2, 0.25) is 0 Å². The number of carbonyl (C=O) groups is 2. The van der Waals surface area contributed by atoms with E-state index in [0.29, 0.717) is 18.0 Å². The molecule has 1 aliphatic rings. The summed E-state index contributed by atoms with van der Waals surface area (Å²) in [5.74, 6) is 0.773. The van der Waals surface area contributed by atoms with Gasteiger partial charge in [-0.1, -0.05) is 19.9 Å². The Kier molecular flexibility index (Phi) is 8.10. The lowest BCUT2D eigenvalue weighted by Crippen LogP contribution is -2.39. The van der Waals surface area contributed by atoms with Gasteiger partial charge in [-0.05, 0) is 62.3 Å². The number of aryl methyl sites for hydroxylation is 1. The molecule has 2 atom stereocenters. The topological polar surface area (TPSA) is 70.7 Å². The summed E-state index contributed by atoms with van der Waals surface area (Å²) < 4.78 is 5.22. The predicted octanol–water partition coefficient (Wildman–Crippen LogP) is 2.82. The van der Waals surface area contributed by atoms with Gasteiger partial charge in [0, 0.05) is 19.6 Å². The normalized spacial score (nSPS) is 20.1. The Balaban J connectivity index is 1.68. The summed E-state index contributed by atoms with van der Waals surface area (Å²) in [6.45, 7) is 10.4. The minimum Gasteiger partial charge on any atom is -0.495 e. The number of hydrogen-bond acceptors (Lipinski definition) is 4. The first-order valence-corrected chi connectivity index (χ1v) is 9.85. The van der Waals surface area contributed by atoms with E-state index in [9.17, 15) is 9.59 Å². The molecule has 0 aliphatic carbocycles. The summed E-state index contributed by atoms with van der Waals surface area (Å²) in [5.41, 5.74) is 1.49. The van der Waals surface area contributed by atoms with Crippen molar-refractivity contribution in [2.45, 2.75) is 40.0 Å². The number of unbranched alkanes of at least 4 members (excludes halogenated alkanes) is 1. The highest BCUT2D eigenvalue weighted by Gasteiger charge is 2.21. The lowest BCUT2D eigenvalue weighted by molar-refractivity contribution is -0.136. The second-order valence-corrected chi connectivity index (χ2v) is 7.83. The van der Waals surface area contributed by atoms with E-state index in [-0.39, 0.29) is 0 Å². The molecule has 1 aromatic carbocycles. The van der Waals surface area contributed by atoms with Gasteiger partial charge in [0.15, 0.2) is 0 Å². The molecule has 2 unspecified atom stereocenters. The molecule has 0 spiro atoms. The molecular weight excluding hydrogens is 342 g/mol. The fourth-order valence-corrected chi connectivity index (χ4v) is 3.82. The number of benzene rings is 1. The van der Waals surface area contributed by atoms with Crippen LogP contribution in [0.5, 0.6) is 5.75 Å². The third-order valence-corrected chi connectivity index (χ3v) is 4.94. The van der Waals surface area contributed by atoms with Gasteiger partial charge in [-0.3, -0.25) is 9.59 Å². The van der Waals surface area contributed by atoms with Crippen LogP contribution in [0.15, 0.2) is 18.2 Å². The highest BCUT2D eigenvalue weighted by atomic mass is 16.5. The predicted molar refractivity (Wildman–Crippen MR) is 108 cm³/mol. The average molecular weight is 376 g/mol. The van der Waals surface area contributed by atoms with Gasteiger partial charge in [0.1, 0.15) is 5.75 Å². The molecule has 27 heavy (non-hydrogen) atoms. The van der Waals surface area contributed by atoms with Crippen LogP contribution in [0.3, 0.4) is 0 Å². The maximum absolute atomic E-state index is 12.1. The number of hydrogen-bond donors (Lipinski definition) is 2. The number of nitrogens with one attached hydrogen (secondary N) is 2. The third kappa shape index (κ3) is 6.86. The van der Waals surface area contributed by atoms with Crippen LogP contribution in [-0.2, 0) is 9.59 Å². The Morgan fingerprint density at radius 1 is 1.15 bits per heavy atom. The summed E-state index contributed by atoms with van der Waals surface area (Å²) in [6.07, 6.45) is 3.20. The number of piperidine rings is 1. The minimum absolute atomic E-state index is 0.506. The Bertz CT molecular complexity index is 638. The molecule has 2 amide bonds. The number of likely N-dealkylation sites (tertiary alicyclic amines) is 1. The maximum atomic E-state index is 12.1. The molecule has 6 heteroatoms. The summed E-state index contributed by atoms with van der Waals surface area (Å²) in [6, 6.07) is 5.44. The zero-order chi connectivity index (χ0) is 19.8. The summed E-state index contributed by atoms with van der Waals surface area (Å²) in [4.78, 5) is 26.6. The Morgan fingerprint density at radius 2 is 1.85 bits per heavy atom. The molecule has 6 nitrogen and oxygen atoms in total.